The van der Waals surface area contributed by atoms with Crippen LogP contribution in [0.15, 0.2) is 29.8 Å². The molecule has 0 radical (unpaired) electrons. The van der Waals surface area contributed by atoms with Crippen LogP contribution in [-0.4, -0.2) is 44.4 Å². The molecule has 1 amide bonds. The second-order valence-electron chi connectivity index (χ2n) is 6.05. The first-order valence-electron chi connectivity index (χ1n) is 8.50. The summed E-state index contributed by atoms with van der Waals surface area (Å²) in [6.07, 6.45) is 3.22. The zero-order valence-electron chi connectivity index (χ0n) is 14.7. The van der Waals surface area contributed by atoms with Crippen molar-refractivity contribution < 1.29 is 9.53 Å². The molecule has 4 rings (SSSR count). The first kappa shape index (κ1) is 16.7. The molecule has 0 saturated carbocycles. The third-order valence-electron chi connectivity index (χ3n) is 4.58. The number of ether oxygens (including phenoxy) is 1. The van der Waals surface area contributed by atoms with Crippen LogP contribution in [0.3, 0.4) is 0 Å². The fraction of sp³-hybridized carbons (Fsp3) is 0.333. The number of fused-ring (bicyclic) bond motifs is 1. The summed E-state index contributed by atoms with van der Waals surface area (Å²) in [6.45, 7) is 3.41. The van der Waals surface area contributed by atoms with Crippen molar-refractivity contribution in [3.05, 3.63) is 51.5 Å². The Morgan fingerprint density at radius 1 is 1.31 bits per heavy atom. The van der Waals surface area contributed by atoms with Gasteiger partial charge in [-0.25, -0.2) is 4.68 Å². The molecule has 0 aliphatic carbocycles. The Morgan fingerprint density at radius 3 is 2.92 bits per heavy atom. The van der Waals surface area contributed by atoms with E-state index >= 15 is 0 Å². The Morgan fingerprint density at radius 2 is 2.19 bits per heavy atom. The number of amides is 1. The van der Waals surface area contributed by atoms with E-state index in [9.17, 15) is 4.79 Å². The molecule has 134 valence electrons. The Labute approximate surface area is 155 Å². The molecule has 0 bridgehead atoms. The Kier molecular flexibility index (Phi) is 4.42. The van der Waals surface area contributed by atoms with Crippen LogP contribution in [0.2, 0.25) is 0 Å². The predicted octanol–water partition coefficient (Wildman–Crippen LogP) is 2.49. The summed E-state index contributed by atoms with van der Waals surface area (Å²) >= 11 is 1.77. The van der Waals surface area contributed by atoms with Gasteiger partial charge in [0.1, 0.15) is 0 Å². The van der Waals surface area contributed by atoms with Gasteiger partial charge >= 0.3 is 0 Å². The minimum absolute atomic E-state index is 0.0198. The molecule has 3 aromatic heterocycles. The zero-order valence-corrected chi connectivity index (χ0v) is 15.5. The average Bonchev–Trinajstić information content (AvgIpc) is 3.33. The number of methoxy groups -OCH3 is 1. The third-order valence-corrected chi connectivity index (χ3v) is 5.60. The highest BCUT2D eigenvalue weighted by Gasteiger charge is 2.26. The molecule has 0 atom stereocenters. The van der Waals surface area contributed by atoms with Crippen LogP contribution in [0, 0.1) is 0 Å². The lowest BCUT2D eigenvalue weighted by Gasteiger charge is -2.27. The lowest BCUT2D eigenvalue weighted by atomic mass is 10.1. The van der Waals surface area contributed by atoms with E-state index in [4.69, 9.17) is 4.74 Å². The molecule has 7 nitrogen and oxygen atoms in total. The molecule has 0 unspecified atom stereocenters. The van der Waals surface area contributed by atoms with Crippen LogP contribution in [0.5, 0.6) is 5.88 Å². The molecule has 4 heterocycles. The van der Waals surface area contributed by atoms with E-state index in [0.717, 1.165) is 18.7 Å². The van der Waals surface area contributed by atoms with Gasteiger partial charge in [-0.05, 0) is 35.9 Å². The summed E-state index contributed by atoms with van der Waals surface area (Å²) in [4.78, 5) is 16.4. The van der Waals surface area contributed by atoms with Gasteiger partial charge in [-0.3, -0.25) is 4.79 Å². The molecular weight excluding hydrogens is 350 g/mol. The van der Waals surface area contributed by atoms with E-state index < -0.39 is 0 Å². The summed E-state index contributed by atoms with van der Waals surface area (Å²) in [5, 5.41) is 14.6. The van der Waals surface area contributed by atoms with Gasteiger partial charge in [-0.15, -0.1) is 21.5 Å². The van der Waals surface area contributed by atoms with Crippen LogP contribution < -0.4 is 4.74 Å². The highest BCUT2D eigenvalue weighted by molar-refractivity contribution is 7.10. The van der Waals surface area contributed by atoms with Gasteiger partial charge in [0.05, 0.1) is 24.6 Å². The highest BCUT2D eigenvalue weighted by Crippen LogP contribution is 2.26. The lowest BCUT2D eigenvalue weighted by molar-refractivity contribution is 0.0734. The maximum absolute atomic E-state index is 13.1. The number of hydrogen-bond donors (Lipinski definition) is 0. The molecule has 0 fully saturated rings. The molecule has 1 aliphatic heterocycles. The molecule has 0 spiro atoms. The van der Waals surface area contributed by atoms with E-state index in [-0.39, 0.29) is 5.91 Å². The van der Waals surface area contributed by atoms with Gasteiger partial charge in [-0.2, -0.15) is 5.10 Å². The third kappa shape index (κ3) is 2.86. The van der Waals surface area contributed by atoms with Crippen molar-refractivity contribution >= 4 is 17.2 Å². The zero-order chi connectivity index (χ0) is 18.1. The monoisotopic (exact) mass is 369 g/mol. The van der Waals surface area contributed by atoms with E-state index in [0.29, 0.717) is 30.2 Å². The molecule has 8 heteroatoms. The second-order valence-corrected chi connectivity index (χ2v) is 7.05. The Balaban J connectivity index is 1.63. The summed E-state index contributed by atoms with van der Waals surface area (Å²) < 4.78 is 6.72. The summed E-state index contributed by atoms with van der Waals surface area (Å²) in [5.74, 6) is 1.03. The van der Waals surface area contributed by atoms with Gasteiger partial charge < -0.3 is 9.64 Å². The number of thiophene rings is 1. The second kappa shape index (κ2) is 6.87. The summed E-state index contributed by atoms with van der Waals surface area (Å²) in [5.41, 5.74) is 2.72. The van der Waals surface area contributed by atoms with Crippen molar-refractivity contribution in [1.82, 2.24) is 24.9 Å². The van der Waals surface area contributed by atoms with Crippen LogP contribution in [0.25, 0.3) is 5.82 Å². The first-order valence-corrected chi connectivity index (χ1v) is 9.38. The highest BCUT2D eigenvalue weighted by atomic mass is 32.1. The largest absolute Gasteiger partial charge is 0.480 e. The number of rotatable bonds is 4. The summed E-state index contributed by atoms with van der Waals surface area (Å²) in [7, 11) is 1.54. The van der Waals surface area contributed by atoms with Crippen molar-refractivity contribution in [2.75, 3.05) is 13.7 Å². The van der Waals surface area contributed by atoms with Gasteiger partial charge in [0.2, 0.25) is 5.88 Å². The number of nitrogens with zero attached hydrogens (tertiary/aromatic N) is 5. The Hall–Kier alpha value is -2.74. The number of carbonyl (C=O) groups is 1. The van der Waals surface area contributed by atoms with E-state index in [2.05, 4.69) is 26.7 Å². The molecule has 0 N–H and O–H groups in total. The molecule has 26 heavy (non-hydrogen) atoms. The smallest absolute Gasteiger partial charge is 0.257 e. The van der Waals surface area contributed by atoms with Gasteiger partial charge in [-0.1, -0.05) is 6.92 Å². The quantitative estimate of drug-likeness (QED) is 0.706. The van der Waals surface area contributed by atoms with Crippen molar-refractivity contribution in [2.24, 2.45) is 0 Å². The number of aromatic nitrogens is 4. The molecule has 0 saturated heterocycles. The van der Waals surface area contributed by atoms with Gasteiger partial charge in [0, 0.05) is 24.0 Å². The van der Waals surface area contributed by atoms with Crippen LogP contribution in [0.4, 0.5) is 0 Å². The Bertz CT molecular complexity index is 931. The van der Waals surface area contributed by atoms with E-state index in [1.165, 1.54) is 10.4 Å². The topological polar surface area (TPSA) is 73.1 Å². The van der Waals surface area contributed by atoms with E-state index in [1.807, 2.05) is 11.8 Å². The fourth-order valence-electron chi connectivity index (χ4n) is 3.22. The molecule has 3 aromatic rings. The number of carbonyl (C=O) groups excluding carboxylic acids is 1. The maximum Gasteiger partial charge on any atom is 0.257 e. The fourth-order valence-corrected chi connectivity index (χ4v) is 4.11. The van der Waals surface area contributed by atoms with Gasteiger partial charge in [0.15, 0.2) is 5.82 Å². The van der Waals surface area contributed by atoms with Crippen molar-refractivity contribution in [2.45, 2.75) is 26.3 Å². The van der Waals surface area contributed by atoms with Crippen LogP contribution >= 0.6 is 11.3 Å². The summed E-state index contributed by atoms with van der Waals surface area (Å²) in [6, 6.07) is 5.62. The van der Waals surface area contributed by atoms with Gasteiger partial charge in [0.25, 0.3) is 5.91 Å². The van der Waals surface area contributed by atoms with Crippen LogP contribution in [0.1, 0.15) is 33.4 Å². The normalized spacial score (nSPS) is 13.5. The standard InChI is InChI=1S/C18H19N5O2S/c1-3-14-13(10-19-23(14)16-4-5-17(25-2)21-20-16)18(24)22-8-6-15-12(11-22)7-9-26-15/h4-5,7,9-10H,3,6,8,11H2,1-2H3. The SMILES string of the molecule is CCc1c(C(=O)N2CCc3sccc3C2)cnn1-c1ccc(OC)nn1. The average molecular weight is 369 g/mol. The minimum atomic E-state index is 0.0198. The van der Waals surface area contributed by atoms with Crippen molar-refractivity contribution in [3.8, 4) is 11.7 Å². The van der Waals surface area contributed by atoms with Crippen molar-refractivity contribution in [3.63, 3.8) is 0 Å². The molecule has 0 aromatic carbocycles. The van der Waals surface area contributed by atoms with Crippen molar-refractivity contribution in [1.29, 1.82) is 0 Å². The van der Waals surface area contributed by atoms with Crippen LogP contribution in [-0.2, 0) is 19.4 Å². The molecule has 1 aliphatic rings. The first-order chi connectivity index (χ1) is 12.7. The van der Waals surface area contributed by atoms with E-state index in [1.54, 1.807) is 41.5 Å². The molecular formula is C18H19N5O2S. The minimum Gasteiger partial charge on any atom is -0.480 e. The predicted molar refractivity (Wildman–Crippen MR) is 97.8 cm³/mol. The maximum atomic E-state index is 13.1. The number of hydrogen-bond acceptors (Lipinski definition) is 6. The lowest BCUT2D eigenvalue weighted by Crippen LogP contribution is -2.35.